The third-order valence-electron chi connectivity index (χ3n) is 3.10. The molecule has 0 bridgehead atoms. The molecule has 0 aromatic carbocycles. The van der Waals surface area contributed by atoms with Gasteiger partial charge in [-0.05, 0) is 18.9 Å². The molecule has 0 radical (unpaired) electrons. The number of hydrogen-bond donors (Lipinski definition) is 1. The molecular weight excluding hydrogens is 275 g/mol. The molecule has 18 heavy (non-hydrogen) atoms. The summed E-state index contributed by atoms with van der Waals surface area (Å²) in [5, 5.41) is 3.32. The first kappa shape index (κ1) is 13.6. The highest BCUT2D eigenvalue weighted by atomic mass is 35.5. The summed E-state index contributed by atoms with van der Waals surface area (Å²) in [6, 6.07) is 1.60. The molecule has 1 fully saturated rings. The fourth-order valence-electron chi connectivity index (χ4n) is 1.92. The fourth-order valence-corrected chi connectivity index (χ4v) is 2.46. The van der Waals surface area contributed by atoms with Crippen molar-refractivity contribution in [1.82, 2.24) is 10.3 Å². The Morgan fingerprint density at radius 3 is 2.83 bits per heavy atom. The number of nitrogens with one attached hydrogen (secondary N) is 1. The average Bonchev–Trinajstić information content (AvgIpc) is 2.40. The summed E-state index contributed by atoms with van der Waals surface area (Å²) in [4.78, 5) is 16.0. The number of rotatable bonds is 3. The van der Waals surface area contributed by atoms with Crippen LogP contribution in [0.5, 0.6) is 0 Å². The topological polar surface area (TPSA) is 51.2 Å². The first-order valence-corrected chi connectivity index (χ1v) is 6.64. The van der Waals surface area contributed by atoms with Crippen LogP contribution in [0.2, 0.25) is 5.02 Å². The standard InChI is InChI=1S/C12H14Cl2N2O2/c13-8-12(2-5-18-6-3-12)16-11(17)9-1-4-15-7-10(9)14/h1,4,7H,2-3,5-6,8H2,(H,16,17). The lowest BCUT2D eigenvalue weighted by Gasteiger charge is -2.36. The third-order valence-corrected chi connectivity index (χ3v) is 3.91. The van der Waals surface area contributed by atoms with Crippen LogP contribution in [0.4, 0.5) is 0 Å². The molecule has 1 aliphatic rings. The van der Waals surface area contributed by atoms with Crippen molar-refractivity contribution < 1.29 is 9.53 Å². The predicted molar refractivity (Wildman–Crippen MR) is 70.2 cm³/mol. The number of carbonyl (C=O) groups is 1. The van der Waals surface area contributed by atoms with E-state index in [1.54, 1.807) is 6.07 Å². The summed E-state index contributed by atoms with van der Waals surface area (Å²) >= 11 is 11.9. The maximum absolute atomic E-state index is 12.2. The largest absolute Gasteiger partial charge is 0.381 e. The van der Waals surface area contributed by atoms with Crippen molar-refractivity contribution in [2.75, 3.05) is 19.1 Å². The van der Waals surface area contributed by atoms with Crippen LogP contribution in [-0.2, 0) is 4.74 Å². The van der Waals surface area contributed by atoms with E-state index in [9.17, 15) is 4.79 Å². The Morgan fingerprint density at radius 2 is 2.22 bits per heavy atom. The first-order chi connectivity index (χ1) is 8.67. The lowest BCUT2D eigenvalue weighted by molar-refractivity contribution is 0.0434. The molecule has 0 unspecified atom stereocenters. The van der Waals surface area contributed by atoms with Crippen LogP contribution in [0.15, 0.2) is 18.5 Å². The van der Waals surface area contributed by atoms with Gasteiger partial charge in [-0.25, -0.2) is 0 Å². The molecule has 98 valence electrons. The van der Waals surface area contributed by atoms with Crippen LogP contribution in [0.1, 0.15) is 23.2 Å². The Kier molecular flexibility index (Phi) is 4.43. The molecule has 1 aromatic rings. The molecule has 2 heterocycles. The summed E-state index contributed by atoms with van der Waals surface area (Å²) < 4.78 is 5.29. The highest BCUT2D eigenvalue weighted by Crippen LogP contribution is 2.23. The quantitative estimate of drug-likeness (QED) is 0.868. The van der Waals surface area contributed by atoms with Gasteiger partial charge < -0.3 is 10.1 Å². The summed E-state index contributed by atoms with van der Waals surface area (Å²) in [5.41, 5.74) is 0.0198. The zero-order valence-electron chi connectivity index (χ0n) is 9.79. The zero-order valence-corrected chi connectivity index (χ0v) is 11.3. The summed E-state index contributed by atoms with van der Waals surface area (Å²) in [6.45, 7) is 1.22. The van der Waals surface area contributed by atoms with Crippen LogP contribution in [0, 0.1) is 0 Å². The Balaban J connectivity index is 2.13. The lowest BCUT2D eigenvalue weighted by Crippen LogP contribution is -2.53. The maximum Gasteiger partial charge on any atom is 0.253 e. The minimum absolute atomic E-state index is 0.218. The molecule has 1 aromatic heterocycles. The number of halogens is 2. The van der Waals surface area contributed by atoms with E-state index in [1.165, 1.54) is 12.4 Å². The van der Waals surface area contributed by atoms with Gasteiger partial charge >= 0.3 is 0 Å². The van der Waals surface area contributed by atoms with Crippen LogP contribution < -0.4 is 5.32 Å². The van der Waals surface area contributed by atoms with E-state index in [4.69, 9.17) is 27.9 Å². The van der Waals surface area contributed by atoms with Crippen molar-refractivity contribution >= 4 is 29.1 Å². The van der Waals surface area contributed by atoms with Crippen molar-refractivity contribution in [3.05, 3.63) is 29.0 Å². The van der Waals surface area contributed by atoms with E-state index in [0.717, 1.165) is 0 Å². The molecule has 0 aliphatic carbocycles. The van der Waals surface area contributed by atoms with Gasteiger partial charge in [-0.3, -0.25) is 9.78 Å². The molecule has 0 atom stereocenters. The number of hydrogen-bond acceptors (Lipinski definition) is 3. The van der Waals surface area contributed by atoms with Gasteiger partial charge in [0.2, 0.25) is 0 Å². The zero-order chi connectivity index (χ0) is 13.0. The normalized spacial score (nSPS) is 18.3. The molecule has 4 nitrogen and oxygen atoms in total. The second kappa shape index (κ2) is 5.87. The van der Waals surface area contributed by atoms with Gasteiger partial charge in [0.15, 0.2) is 0 Å². The number of ether oxygens (including phenoxy) is 1. The molecular formula is C12H14Cl2N2O2. The van der Waals surface area contributed by atoms with Crippen molar-refractivity contribution in [2.24, 2.45) is 0 Å². The number of amides is 1. The molecule has 0 spiro atoms. The van der Waals surface area contributed by atoms with Gasteiger partial charge in [-0.15, -0.1) is 11.6 Å². The Bertz CT molecular complexity index is 434. The molecule has 1 aliphatic heterocycles. The van der Waals surface area contributed by atoms with Gasteiger partial charge in [-0.2, -0.15) is 0 Å². The molecule has 1 saturated heterocycles. The number of carbonyl (C=O) groups excluding carboxylic acids is 1. The van der Waals surface area contributed by atoms with Crippen molar-refractivity contribution in [1.29, 1.82) is 0 Å². The Hall–Kier alpha value is -0.840. The number of aromatic nitrogens is 1. The minimum atomic E-state index is -0.399. The highest BCUT2D eigenvalue weighted by molar-refractivity contribution is 6.33. The van der Waals surface area contributed by atoms with E-state index in [-0.39, 0.29) is 5.91 Å². The van der Waals surface area contributed by atoms with Crippen molar-refractivity contribution in [3.63, 3.8) is 0 Å². The fraction of sp³-hybridized carbons (Fsp3) is 0.500. The predicted octanol–water partition coefficient (Wildman–Crippen LogP) is 2.25. The first-order valence-electron chi connectivity index (χ1n) is 5.73. The SMILES string of the molecule is O=C(NC1(CCl)CCOCC1)c1ccncc1Cl. The molecule has 0 saturated carbocycles. The van der Waals surface area contributed by atoms with Gasteiger partial charge in [-0.1, -0.05) is 11.6 Å². The summed E-state index contributed by atoms with van der Waals surface area (Å²) in [7, 11) is 0. The second-order valence-corrected chi connectivity index (χ2v) is 5.01. The summed E-state index contributed by atoms with van der Waals surface area (Å²) in [5.74, 6) is 0.148. The second-order valence-electron chi connectivity index (χ2n) is 4.34. The van der Waals surface area contributed by atoms with E-state index < -0.39 is 5.54 Å². The third kappa shape index (κ3) is 2.94. The van der Waals surface area contributed by atoms with Gasteiger partial charge in [0.05, 0.1) is 16.1 Å². The van der Waals surface area contributed by atoms with E-state index in [2.05, 4.69) is 10.3 Å². The maximum atomic E-state index is 12.2. The van der Waals surface area contributed by atoms with Gasteiger partial charge in [0, 0.05) is 31.5 Å². The summed E-state index contributed by atoms with van der Waals surface area (Å²) in [6.07, 6.45) is 4.42. The van der Waals surface area contributed by atoms with Crippen LogP contribution >= 0.6 is 23.2 Å². The van der Waals surface area contributed by atoms with E-state index in [0.29, 0.717) is 42.5 Å². The minimum Gasteiger partial charge on any atom is -0.381 e. The molecule has 1 N–H and O–H groups in total. The number of alkyl halides is 1. The average molecular weight is 289 g/mol. The van der Waals surface area contributed by atoms with Gasteiger partial charge in [0.25, 0.3) is 5.91 Å². The lowest BCUT2D eigenvalue weighted by atomic mass is 9.92. The van der Waals surface area contributed by atoms with Gasteiger partial charge in [0.1, 0.15) is 0 Å². The Labute approximate surface area is 116 Å². The van der Waals surface area contributed by atoms with Crippen LogP contribution in [-0.4, -0.2) is 35.5 Å². The Morgan fingerprint density at radius 1 is 1.50 bits per heavy atom. The smallest absolute Gasteiger partial charge is 0.253 e. The highest BCUT2D eigenvalue weighted by Gasteiger charge is 2.33. The van der Waals surface area contributed by atoms with E-state index in [1.807, 2.05) is 0 Å². The monoisotopic (exact) mass is 288 g/mol. The van der Waals surface area contributed by atoms with Crippen molar-refractivity contribution in [2.45, 2.75) is 18.4 Å². The van der Waals surface area contributed by atoms with Crippen molar-refractivity contribution in [3.8, 4) is 0 Å². The number of pyridine rings is 1. The molecule has 2 rings (SSSR count). The van der Waals surface area contributed by atoms with Crippen LogP contribution in [0.25, 0.3) is 0 Å². The molecule has 6 heteroatoms. The number of nitrogens with zero attached hydrogens (tertiary/aromatic N) is 1. The molecule has 1 amide bonds. The van der Waals surface area contributed by atoms with Crippen LogP contribution in [0.3, 0.4) is 0 Å². The van der Waals surface area contributed by atoms with E-state index >= 15 is 0 Å².